The quantitative estimate of drug-likeness (QED) is 0.201. The average molecular weight is 511 g/mol. The van der Waals surface area contributed by atoms with Crippen molar-refractivity contribution in [1.82, 2.24) is 15.0 Å². The number of rotatable bonds is 9. The third-order valence-corrected chi connectivity index (χ3v) is 4.81. The predicted octanol–water partition coefficient (Wildman–Crippen LogP) is -4.81. The fourth-order valence-corrected chi connectivity index (χ4v) is 3.45. The van der Waals surface area contributed by atoms with Crippen LogP contribution in [0.3, 0.4) is 0 Å². The van der Waals surface area contributed by atoms with E-state index in [1.54, 1.807) is 18.2 Å². The van der Waals surface area contributed by atoms with E-state index in [4.69, 9.17) is 23.7 Å². The van der Waals surface area contributed by atoms with Gasteiger partial charge >= 0.3 is 59.1 Å². The van der Waals surface area contributed by atoms with Crippen LogP contribution in [0.15, 0.2) is 30.5 Å². The van der Waals surface area contributed by atoms with Crippen LogP contribution < -0.4 is 97.1 Å². The zero-order valence-corrected chi connectivity index (χ0v) is 24.7. The Morgan fingerprint density at radius 3 is 1.71 bits per heavy atom. The first-order valence-electron chi connectivity index (χ1n) is 8.95. The topological polar surface area (TPSA) is 149 Å². The first-order chi connectivity index (χ1) is 15.3. The molecule has 0 aliphatic heterocycles. The van der Waals surface area contributed by atoms with Crippen LogP contribution in [0, 0.1) is 0 Å². The molecular formula is C19H20N3Na2O9P. The Morgan fingerprint density at radius 1 is 0.765 bits per heavy atom. The minimum atomic E-state index is -5.38. The molecule has 0 N–H and O–H groups in total. The van der Waals surface area contributed by atoms with Gasteiger partial charge in [-0.05, 0) is 12.1 Å². The van der Waals surface area contributed by atoms with Gasteiger partial charge in [0.15, 0.2) is 23.0 Å². The van der Waals surface area contributed by atoms with Crippen LogP contribution in [0.2, 0.25) is 0 Å². The third-order valence-electron chi connectivity index (χ3n) is 4.39. The number of hydrogen-bond acceptors (Lipinski definition) is 11. The van der Waals surface area contributed by atoms with Gasteiger partial charge in [0.25, 0.3) is 0 Å². The molecule has 1 heterocycles. The van der Waals surface area contributed by atoms with Gasteiger partial charge < -0.3 is 42.6 Å². The van der Waals surface area contributed by atoms with E-state index in [2.05, 4.69) is 14.8 Å². The molecule has 0 unspecified atom stereocenters. The molecular weight excluding hydrogens is 491 g/mol. The van der Waals surface area contributed by atoms with Gasteiger partial charge in [-0.2, -0.15) is 0 Å². The van der Waals surface area contributed by atoms with Crippen LogP contribution in [-0.2, 0) is 4.57 Å². The van der Waals surface area contributed by atoms with Crippen LogP contribution in [-0.4, -0.2) is 50.5 Å². The molecule has 0 fully saturated rings. The first-order valence-corrected chi connectivity index (χ1v) is 10.4. The average Bonchev–Trinajstić information content (AvgIpc) is 3.26. The molecule has 0 amide bonds. The number of aromatic nitrogens is 3. The summed E-state index contributed by atoms with van der Waals surface area (Å²) in [5, 5.41) is 8.03. The Labute approximate surface area is 240 Å². The van der Waals surface area contributed by atoms with Gasteiger partial charge in [0.2, 0.25) is 11.5 Å². The summed E-state index contributed by atoms with van der Waals surface area (Å²) in [4.78, 5) is 22.5. The minimum Gasteiger partial charge on any atom is -0.780 e. The first kappa shape index (κ1) is 30.6. The van der Waals surface area contributed by atoms with Crippen molar-refractivity contribution in [1.29, 1.82) is 0 Å². The molecule has 3 aromatic rings. The Hall–Kier alpha value is -1.47. The Bertz CT molecular complexity index is 1140. The van der Waals surface area contributed by atoms with Crippen LogP contribution in [0.4, 0.5) is 0 Å². The molecule has 0 bridgehead atoms. The maximum atomic E-state index is 11.2. The SMILES string of the molecule is COc1cc(-n2nncc2-c2cc(OC)c(OC)c(OP(=O)([O-])[O-])c2)cc(OC)c1OC.[Na+].[Na+]. The number of methoxy groups -OCH3 is 5. The number of nitrogens with zero attached hydrogens (tertiary/aromatic N) is 3. The standard InChI is InChI=1S/C19H22N3O9P.2Na/c1-26-14-6-11(7-17(19(14)30-5)31-32(23,24)25)13-10-20-21-22(13)12-8-15(27-2)18(29-4)16(9-12)28-3;;/h6-10H,1-5H3,(H2,23,24,25);;/q;2*+1/p-2. The summed E-state index contributed by atoms with van der Waals surface area (Å²) in [6.07, 6.45) is 1.43. The maximum Gasteiger partial charge on any atom is 1.00 e. The van der Waals surface area contributed by atoms with Crippen molar-refractivity contribution < 1.29 is 102 Å². The summed E-state index contributed by atoms with van der Waals surface area (Å²) in [7, 11) is 1.70. The molecule has 0 spiro atoms. The molecule has 15 heteroatoms. The monoisotopic (exact) mass is 511 g/mol. The fourth-order valence-electron chi connectivity index (χ4n) is 3.08. The van der Waals surface area contributed by atoms with Gasteiger partial charge in [0, 0.05) is 17.7 Å². The van der Waals surface area contributed by atoms with Gasteiger partial charge in [-0.1, -0.05) is 5.21 Å². The molecule has 0 aliphatic rings. The number of phosphoric acid groups is 1. The van der Waals surface area contributed by atoms with Gasteiger partial charge in [0.05, 0.1) is 53.1 Å². The van der Waals surface area contributed by atoms with Crippen molar-refractivity contribution in [3.63, 3.8) is 0 Å². The van der Waals surface area contributed by atoms with Crippen LogP contribution in [0.5, 0.6) is 34.5 Å². The molecule has 1 aromatic heterocycles. The van der Waals surface area contributed by atoms with Crippen LogP contribution in [0.25, 0.3) is 16.9 Å². The van der Waals surface area contributed by atoms with E-state index in [-0.39, 0.29) is 76.4 Å². The van der Waals surface area contributed by atoms with Crippen molar-refractivity contribution in [2.45, 2.75) is 0 Å². The van der Waals surface area contributed by atoms with E-state index in [1.807, 2.05) is 0 Å². The van der Waals surface area contributed by atoms with Crippen molar-refractivity contribution in [2.75, 3.05) is 35.5 Å². The molecule has 0 saturated heterocycles. The van der Waals surface area contributed by atoms with Gasteiger partial charge in [0.1, 0.15) is 7.82 Å². The molecule has 3 rings (SSSR count). The number of hydrogen-bond donors (Lipinski definition) is 0. The Kier molecular flexibility index (Phi) is 11.7. The summed E-state index contributed by atoms with van der Waals surface area (Å²) in [6, 6.07) is 6.17. The van der Waals surface area contributed by atoms with E-state index < -0.39 is 7.82 Å². The Morgan fingerprint density at radius 2 is 1.24 bits per heavy atom. The van der Waals surface area contributed by atoms with Crippen molar-refractivity contribution in [3.8, 4) is 51.4 Å². The third kappa shape index (κ3) is 6.60. The summed E-state index contributed by atoms with van der Waals surface area (Å²) in [5.41, 5.74) is 1.30. The van der Waals surface area contributed by atoms with E-state index >= 15 is 0 Å². The molecule has 0 atom stereocenters. The number of phosphoric ester groups is 1. The smallest absolute Gasteiger partial charge is 0.780 e. The van der Waals surface area contributed by atoms with Gasteiger partial charge in [-0.15, -0.1) is 5.10 Å². The molecule has 0 radical (unpaired) electrons. The predicted molar refractivity (Wildman–Crippen MR) is 108 cm³/mol. The minimum absolute atomic E-state index is 0. The van der Waals surface area contributed by atoms with Gasteiger partial charge in [-0.3, -0.25) is 0 Å². The second kappa shape index (κ2) is 13.0. The summed E-state index contributed by atoms with van der Waals surface area (Å²) in [6.45, 7) is 0. The maximum absolute atomic E-state index is 11.2. The number of benzene rings is 2. The molecule has 12 nitrogen and oxygen atoms in total. The van der Waals surface area contributed by atoms with E-state index in [9.17, 15) is 14.4 Å². The van der Waals surface area contributed by atoms with Crippen molar-refractivity contribution in [2.24, 2.45) is 0 Å². The second-order valence-corrected chi connectivity index (χ2v) is 7.24. The second-order valence-electron chi connectivity index (χ2n) is 6.16. The summed E-state index contributed by atoms with van der Waals surface area (Å²) >= 11 is 0. The molecule has 2 aromatic carbocycles. The molecule has 34 heavy (non-hydrogen) atoms. The van der Waals surface area contributed by atoms with Crippen molar-refractivity contribution >= 4 is 7.82 Å². The van der Waals surface area contributed by atoms with Crippen LogP contribution in [0.1, 0.15) is 0 Å². The number of ether oxygens (including phenoxy) is 5. The normalized spacial score (nSPS) is 10.4. The van der Waals surface area contributed by atoms with E-state index in [1.165, 1.54) is 52.5 Å². The molecule has 172 valence electrons. The van der Waals surface area contributed by atoms with E-state index in [0.29, 0.717) is 34.2 Å². The molecule has 0 saturated carbocycles. The molecule has 0 aliphatic carbocycles. The van der Waals surface area contributed by atoms with Crippen molar-refractivity contribution in [3.05, 3.63) is 30.5 Å². The van der Waals surface area contributed by atoms with Crippen LogP contribution >= 0.6 is 7.82 Å². The largest absolute Gasteiger partial charge is 1.00 e. The summed E-state index contributed by atoms with van der Waals surface area (Å²) < 4.78 is 43.8. The zero-order chi connectivity index (χ0) is 23.5. The van der Waals surface area contributed by atoms with E-state index in [0.717, 1.165) is 0 Å². The Balaban J connectivity index is 0.00000289. The van der Waals surface area contributed by atoms with Gasteiger partial charge in [-0.25, -0.2) is 4.68 Å². The zero-order valence-electron chi connectivity index (χ0n) is 19.8. The summed E-state index contributed by atoms with van der Waals surface area (Å²) in [5.74, 6) is 0.898. The fraction of sp³-hybridized carbons (Fsp3) is 0.263.